The molecule has 3 aromatic rings. The van der Waals surface area contributed by atoms with Crippen molar-refractivity contribution in [3.8, 4) is 0 Å². The van der Waals surface area contributed by atoms with E-state index in [4.69, 9.17) is 16.3 Å². The highest BCUT2D eigenvalue weighted by Crippen LogP contribution is 2.12. The van der Waals surface area contributed by atoms with Crippen molar-refractivity contribution in [2.75, 3.05) is 13.4 Å². The number of aromatic nitrogens is 5. The predicted octanol–water partition coefficient (Wildman–Crippen LogP) is 0.871. The van der Waals surface area contributed by atoms with Crippen LogP contribution in [0.15, 0.2) is 34.3 Å². The van der Waals surface area contributed by atoms with Crippen LogP contribution in [0.1, 0.15) is 11.3 Å². The average Bonchev–Trinajstić information content (AvgIpc) is 2.99. The SMILES string of the molecule is COCc1cc(=O)n2nc(S(C)=O)nc2n1Cc1ccc(Cl)nc1. The second-order valence-corrected chi connectivity index (χ2v) is 6.70. The molecule has 0 aromatic carbocycles. The third kappa shape index (κ3) is 3.23. The van der Waals surface area contributed by atoms with Crippen molar-refractivity contribution in [3.63, 3.8) is 0 Å². The lowest BCUT2D eigenvalue weighted by Gasteiger charge is -2.13. The maximum Gasteiger partial charge on any atom is 0.276 e. The van der Waals surface area contributed by atoms with E-state index in [1.54, 1.807) is 23.9 Å². The summed E-state index contributed by atoms with van der Waals surface area (Å²) < 4.78 is 19.7. The molecule has 0 aliphatic carbocycles. The Morgan fingerprint density at radius 1 is 1.38 bits per heavy atom. The number of hydrogen-bond donors (Lipinski definition) is 0. The quantitative estimate of drug-likeness (QED) is 0.621. The molecule has 0 aliphatic rings. The van der Waals surface area contributed by atoms with Gasteiger partial charge in [-0.15, -0.1) is 5.10 Å². The molecule has 1 unspecified atom stereocenters. The van der Waals surface area contributed by atoms with Gasteiger partial charge in [0.1, 0.15) is 5.15 Å². The summed E-state index contributed by atoms with van der Waals surface area (Å²) in [5, 5.41) is 4.52. The van der Waals surface area contributed by atoms with E-state index in [9.17, 15) is 9.00 Å². The lowest BCUT2D eigenvalue weighted by atomic mass is 10.2. The second-order valence-electron chi connectivity index (χ2n) is 5.04. The molecule has 0 saturated heterocycles. The van der Waals surface area contributed by atoms with Crippen LogP contribution in [0.4, 0.5) is 0 Å². The van der Waals surface area contributed by atoms with Crippen molar-refractivity contribution in [1.29, 1.82) is 0 Å². The Bertz CT molecular complexity index is 967. The second kappa shape index (κ2) is 6.80. The van der Waals surface area contributed by atoms with Crippen LogP contribution in [-0.2, 0) is 28.7 Å². The predicted molar refractivity (Wildman–Crippen MR) is 88.6 cm³/mol. The fourth-order valence-corrected chi connectivity index (χ4v) is 2.78. The van der Waals surface area contributed by atoms with Gasteiger partial charge in [-0.05, 0) is 11.6 Å². The molecular weight excluding hydrogens is 354 g/mol. The Morgan fingerprint density at radius 3 is 2.79 bits per heavy atom. The molecule has 126 valence electrons. The summed E-state index contributed by atoms with van der Waals surface area (Å²) >= 11 is 5.81. The average molecular weight is 368 g/mol. The maximum atomic E-state index is 12.2. The Morgan fingerprint density at radius 2 is 2.17 bits per heavy atom. The van der Waals surface area contributed by atoms with Gasteiger partial charge in [-0.3, -0.25) is 9.00 Å². The first kappa shape index (κ1) is 16.7. The number of fused-ring (bicyclic) bond motifs is 1. The lowest BCUT2D eigenvalue weighted by Crippen LogP contribution is -2.22. The fourth-order valence-electron chi connectivity index (χ4n) is 2.26. The Hall–Kier alpha value is -2.10. The van der Waals surface area contributed by atoms with E-state index < -0.39 is 10.8 Å². The van der Waals surface area contributed by atoms with Crippen LogP contribution in [0, 0.1) is 0 Å². The molecule has 0 aliphatic heterocycles. The van der Waals surface area contributed by atoms with E-state index >= 15 is 0 Å². The van der Waals surface area contributed by atoms with Crippen LogP contribution in [0.25, 0.3) is 5.78 Å². The van der Waals surface area contributed by atoms with Crippen LogP contribution in [0.3, 0.4) is 0 Å². The number of pyridine rings is 1. The monoisotopic (exact) mass is 367 g/mol. The summed E-state index contributed by atoms with van der Waals surface area (Å²) in [6.07, 6.45) is 3.10. The molecule has 0 N–H and O–H groups in total. The van der Waals surface area contributed by atoms with Crippen LogP contribution in [-0.4, -0.2) is 41.7 Å². The van der Waals surface area contributed by atoms with Crippen molar-refractivity contribution < 1.29 is 8.95 Å². The summed E-state index contributed by atoms with van der Waals surface area (Å²) in [6.45, 7) is 0.616. The third-order valence-corrected chi connectivity index (χ3v) is 4.25. The van der Waals surface area contributed by atoms with Gasteiger partial charge in [0.15, 0.2) is 0 Å². The van der Waals surface area contributed by atoms with Crippen molar-refractivity contribution in [1.82, 2.24) is 24.1 Å². The smallest absolute Gasteiger partial charge is 0.276 e. The highest BCUT2D eigenvalue weighted by molar-refractivity contribution is 7.84. The van der Waals surface area contributed by atoms with Gasteiger partial charge in [0.2, 0.25) is 10.9 Å². The van der Waals surface area contributed by atoms with Crippen molar-refractivity contribution in [2.45, 2.75) is 18.3 Å². The molecule has 1 atom stereocenters. The van der Waals surface area contributed by atoms with Gasteiger partial charge >= 0.3 is 0 Å². The molecule has 24 heavy (non-hydrogen) atoms. The van der Waals surface area contributed by atoms with Crippen molar-refractivity contribution >= 4 is 28.2 Å². The van der Waals surface area contributed by atoms with Crippen LogP contribution < -0.4 is 5.56 Å². The highest BCUT2D eigenvalue weighted by Gasteiger charge is 2.16. The molecule has 3 rings (SSSR count). The van der Waals surface area contributed by atoms with Crippen LogP contribution in [0.2, 0.25) is 5.15 Å². The number of hydrogen-bond acceptors (Lipinski definition) is 6. The Balaban J connectivity index is 2.19. The van der Waals surface area contributed by atoms with E-state index in [-0.39, 0.29) is 17.3 Å². The summed E-state index contributed by atoms with van der Waals surface area (Å²) in [5.74, 6) is 0.301. The minimum absolute atomic E-state index is 0.102. The van der Waals surface area contributed by atoms with E-state index in [2.05, 4.69) is 15.1 Å². The molecule has 0 radical (unpaired) electrons. The molecule has 0 bridgehead atoms. The van der Waals surface area contributed by atoms with Gasteiger partial charge in [-0.1, -0.05) is 17.7 Å². The minimum Gasteiger partial charge on any atom is -0.378 e. The zero-order valence-electron chi connectivity index (χ0n) is 13.0. The molecule has 0 spiro atoms. The highest BCUT2D eigenvalue weighted by atomic mass is 35.5. The number of halogens is 1. The summed E-state index contributed by atoms with van der Waals surface area (Å²) in [7, 11) is 0.146. The molecule has 8 nitrogen and oxygen atoms in total. The topological polar surface area (TPSA) is 91.4 Å². The maximum absolute atomic E-state index is 12.2. The first-order valence-electron chi connectivity index (χ1n) is 6.92. The fraction of sp³-hybridized carbons (Fsp3) is 0.286. The minimum atomic E-state index is -1.39. The molecule has 3 aromatic heterocycles. The molecular formula is C14H14ClN5O3S. The summed E-state index contributed by atoms with van der Waals surface area (Å²) in [5.41, 5.74) is 1.14. The zero-order valence-corrected chi connectivity index (χ0v) is 14.5. The van der Waals surface area contributed by atoms with E-state index in [1.807, 2.05) is 6.07 Å². The number of nitrogens with zero attached hydrogens (tertiary/aromatic N) is 5. The van der Waals surface area contributed by atoms with Crippen molar-refractivity contribution in [3.05, 3.63) is 51.2 Å². The first-order valence-corrected chi connectivity index (χ1v) is 8.85. The normalized spacial score (nSPS) is 12.6. The molecule has 10 heteroatoms. The lowest BCUT2D eigenvalue weighted by molar-refractivity contribution is 0.177. The van der Waals surface area contributed by atoms with Crippen molar-refractivity contribution in [2.24, 2.45) is 0 Å². The third-order valence-electron chi connectivity index (χ3n) is 3.34. The van der Waals surface area contributed by atoms with Crippen LogP contribution >= 0.6 is 11.6 Å². The standard InChI is InChI=1S/C14H14ClN5O3S/c1-23-8-10-5-12(21)20-14(17-13(18-20)24(2)22)19(10)7-9-3-4-11(15)16-6-9/h3-6H,7-8H2,1-2H3. The molecule has 0 saturated carbocycles. The van der Waals surface area contributed by atoms with Gasteiger partial charge in [0.25, 0.3) is 5.56 Å². The Labute approximate surface area is 144 Å². The Kier molecular flexibility index (Phi) is 4.74. The van der Waals surface area contributed by atoms with E-state index in [1.165, 1.54) is 12.3 Å². The molecule has 0 fully saturated rings. The molecule has 0 amide bonds. The van der Waals surface area contributed by atoms with Gasteiger partial charge < -0.3 is 9.30 Å². The number of ether oxygens (including phenoxy) is 1. The van der Waals surface area contributed by atoms with E-state index in [0.29, 0.717) is 23.2 Å². The van der Waals surface area contributed by atoms with Gasteiger partial charge in [-0.25, -0.2) is 4.98 Å². The van der Waals surface area contributed by atoms with E-state index in [0.717, 1.165) is 10.1 Å². The molecule has 3 heterocycles. The van der Waals surface area contributed by atoms with Gasteiger partial charge in [0, 0.05) is 25.6 Å². The zero-order chi connectivity index (χ0) is 17.3. The summed E-state index contributed by atoms with van der Waals surface area (Å²) in [4.78, 5) is 20.5. The number of rotatable bonds is 5. The first-order chi connectivity index (χ1) is 11.5. The van der Waals surface area contributed by atoms with Gasteiger partial charge in [0.05, 0.1) is 29.6 Å². The van der Waals surface area contributed by atoms with Crippen LogP contribution in [0.5, 0.6) is 0 Å². The number of methoxy groups -OCH3 is 1. The summed E-state index contributed by atoms with van der Waals surface area (Å²) in [6, 6.07) is 4.94. The van der Waals surface area contributed by atoms with Gasteiger partial charge in [-0.2, -0.15) is 9.50 Å². The largest absolute Gasteiger partial charge is 0.378 e.